The van der Waals surface area contributed by atoms with E-state index in [-0.39, 0.29) is 12.0 Å². The summed E-state index contributed by atoms with van der Waals surface area (Å²) in [5.74, 6) is 0.160. The van der Waals surface area contributed by atoms with Crippen LogP contribution in [0.5, 0.6) is 0 Å². The van der Waals surface area contributed by atoms with E-state index >= 15 is 0 Å². The molecule has 2 aromatic carbocycles. The van der Waals surface area contributed by atoms with Gasteiger partial charge in [-0.25, -0.2) is 14.5 Å². The lowest BCUT2D eigenvalue weighted by Gasteiger charge is -2.32. The molecule has 0 amide bonds. The molecule has 8 nitrogen and oxygen atoms in total. The van der Waals surface area contributed by atoms with Gasteiger partial charge in [0.15, 0.2) is 4.60 Å². The first-order chi connectivity index (χ1) is 18.2. The van der Waals surface area contributed by atoms with Gasteiger partial charge in [-0.15, -0.1) is 5.10 Å². The van der Waals surface area contributed by atoms with E-state index in [4.69, 9.17) is 14.8 Å². The summed E-state index contributed by atoms with van der Waals surface area (Å²) in [4.78, 5) is 15.8. The monoisotopic (exact) mass is 639 g/mol. The number of hydrogen-bond donors (Lipinski definition) is 1. The number of nitrogens with zero attached hydrogens (tertiary/aromatic N) is 5. The van der Waals surface area contributed by atoms with Gasteiger partial charge < -0.3 is 9.67 Å². The molecule has 0 bridgehead atoms. The summed E-state index contributed by atoms with van der Waals surface area (Å²) >= 11 is 7.26. The van der Waals surface area contributed by atoms with Crippen LogP contribution in [0.3, 0.4) is 0 Å². The number of hydrogen-bond acceptors (Lipinski definition) is 6. The highest BCUT2D eigenvalue weighted by atomic mass is 79.9. The van der Waals surface area contributed by atoms with Crippen LogP contribution in [0.25, 0.3) is 33.2 Å². The third-order valence-electron chi connectivity index (χ3n) is 7.25. The third kappa shape index (κ3) is 4.38. The molecule has 1 saturated heterocycles. The molecular formula is C28H27Br2N5O3. The summed E-state index contributed by atoms with van der Waals surface area (Å²) in [5.41, 5.74) is 5.54. The quantitative estimate of drug-likeness (QED) is 0.227. The lowest BCUT2D eigenvalue weighted by atomic mass is 9.90. The number of aliphatic hydroxyl groups is 1. The van der Waals surface area contributed by atoms with Crippen molar-refractivity contribution in [3.63, 3.8) is 0 Å². The zero-order valence-electron chi connectivity index (χ0n) is 21.2. The molecule has 0 spiro atoms. The van der Waals surface area contributed by atoms with Gasteiger partial charge in [-0.1, -0.05) is 51.5 Å². The maximum absolute atomic E-state index is 11.0. The Morgan fingerprint density at radius 3 is 2.53 bits per heavy atom. The Hall–Kier alpha value is -2.63. The second-order valence-electron chi connectivity index (χ2n) is 10.2. The fourth-order valence-electron chi connectivity index (χ4n) is 5.47. The highest BCUT2D eigenvalue weighted by Gasteiger charge is 2.32. The summed E-state index contributed by atoms with van der Waals surface area (Å²) in [6.07, 6.45) is 2.71. The van der Waals surface area contributed by atoms with Crippen LogP contribution < -0.4 is 0 Å². The largest absolute Gasteiger partial charge is 0.386 e. The van der Waals surface area contributed by atoms with Crippen LogP contribution in [0.4, 0.5) is 0 Å². The van der Waals surface area contributed by atoms with Crippen LogP contribution in [0.15, 0.2) is 63.8 Å². The van der Waals surface area contributed by atoms with Gasteiger partial charge in [-0.05, 0) is 65.5 Å². The molecular weight excluding hydrogens is 614 g/mol. The first-order valence-electron chi connectivity index (χ1n) is 12.4. The second kappa shape index (κ2) is 9.84. The van der Waals surface area contributed by atoms with Crippen molar-refractivity contribution in [2.75, 3.05) is 13.2 Å². The second-order valence-corrected chi connectivity index (χ2v) is 11.8. The highest BCUT2D eigenvalue weighted by molar-refractivity contribution is 9.10. The number of rotatable bonds is 5. The van der Waals surface area contributed by atoms with Gasteiger partial charge in [0, 0.05) is 34.6 Å². The minimum atomic E-state index is -1.04. The normalized spacial score (nSPS) is 17.4. The van der Waals surface area contributed by atoms with Crippen LogP contribution in [-0.4, -0.2) is 42.9 Å². The van der Waals surface area contributed by atoms with Crippen molar-refractivity contribution in [3.8, 4) is 11.3 Å². The minimum Gasteiger partial charge on any atom is -0.386 e. The summed E-state index contributed by atoms with van der Waals surface area (Å²) in [6, 6.07) is 16.7. The Labute approximate surface area is 236 Å². The smallest absolute Gasteiger partial charge is 0.156 e. The molecule has 0 saturated carbocycles. The van der Waals surface area contributed by atoms with Crippen molar-refractivity contribution in [3.05, 3.63) is 74.9 Å². The number of fused-ring (bicyclic) bond motifs is 3. The van der Waals surface area contributed by atoms with Crippen LogP contribution in [0.1, 0.15) is 37.4 Å². The fourth-order valence-corrected chi connectivity index (χ4v) is 6.85. The highest BCUT2D eigenvalue weighted by Crippen LogP contribution is 2.43. The van der Waals surface area contributed by atoms with Crippen LogP contribution >= 0.6 is 31.9 Å². The maximum Gasteiger partial charge on any atom is 0.156 e. The van der Waals surface area contributed by atoms with E-state index in [2.05, 4.69) is 89.2 Å². The van der Waals surface area contributed by atoms with E-state index in [1.165, 1.54) is 5.56 Å². The van der Waals surface area contributed by atoms with Crippen molar-refractivity contribution >= 4 is 53.8 Å². The molecule has 1 aliphatic heterocycles. The van der Waals surface area contributed by atoms with E-state index in [9.17, 15) is 5.11 Å². The van der Waals surface area contributed by atoms with Gasteiger partial charge >= 0.3 is 0 Å². The standard InChI is InChI=1S/C28H27Br2N5O3/c1-28(2,36)20-13-22-19(12-21(20)29)24-23(11-18(14-31-24)26-27(30)32-33-34(26)3)35(22)25(16-7-5-4-6-8-16)17-9-10-37-38-15-17/h4-8,11-14,17,25,36H,9-10,15H2,1-3H3/t17?,25-/m1/s1. The third-order valence-corrected chi connectivity index (χ3v) is 8.44. The van der Waals surface area contributed by atoms with Crippen LogP contribution in [0, 0.1) is 5.92 Å². The average molecular weight is 641 g/mol. The van der Waals surface area contributed by atoms with Gasteiger partial charge in [-0.2, -0.15) is 0 Å². The first kappa shape index (κ1) is 25.6. The number of aromatic nitrogens is 5. The molecule has 1 aliphatic rings. The minimum absolute atomic E-state index is 0.0546. The Bertz CT molecular complexity index is 1620. The number of benzene rings is 2. The topological polar surface area (TPSA) is 87.2 Å². The van der Waals surface area contributed by atoms with Gasteiger partial charge in [0.05, 0.1) is 41.4 Å². The molecule has 1 unspecified atom stereocenters. The van der Waals surface area contributed by atoms with Gasteiger partial charge in [0.2, 0.25) is 0 Å². The van der Waals surface area contributed by atoms with Crippen molar-refractivity contribution in [2.45, 2.75) is 31.9 Å². The molecule has 3 aromatic heterocycles. The van der Waals surface area contributed by atoms with Gasteiger partial charge in [-0.3, -0.25) is 4.98 Å². The fraction of sp³-hybridized carbons (Fsp3) is 0.321. The summed E-state index contributed by atoms with van der Waals surface area (Å²) in [6.45, 7) is 4.61. The molecule has 10 heteroatoms. The number of halogens is 2. The van der Waals surface area contributed by atoms with Crippen molar-refractivity contribution in [2.24, 2.45) is 13.0 Å². The number of aryl methyl sites for hydroxylation is 1. The van der Waals surface area contributed by atoms with Crippen LogP contribution in [0.2, 0.25) is 0 Å². The SMILES string of the molecule is Cn1nnc(Br)c1-c1cnc2c3cc(Br)c(C(C)(C)O)cc3n([C@H](c3ccccc3)C3CCOOC3)c2c1. The maximum atomic E-state index is 11.0. The zero-order valence-corrected chi connectivity index (χ0v) is 24.4. The Morgan fingerprint density at radius 2 is 1.87 bits per heavy atom. The van der Waals surface area contributed by atoms with E-state index in [0.717, 1.165) is 49.7 Å². The Balaban J connectivity index is 1.72. The van der Waals surface area contributed by atoms with Crippen molar-refractivity contribution < 1.29 is 14.9 Å². The lowest BCUT2D eigenvalue weighted by Crippen LogP contribution is -2.29. The van der Waals surface area contributed by atoms with E-state index in [1.807, 2.05) is 19.3 Å². The molecule has 6 rings (SSSR count). The Morgan fingerprint density at radius 1 is 1.08 bits per heavy atom. The molecule has 4 heterocycles. The first-order valence-corrected chi connectivity index (χ1v) is 14.0. The number of pyridine rings is 1. The molecule has 1 N–H and O–H groups in total. The van der Waals surface area contributed by atoms with E-state index < -0.39 is 5.60 Å². The molecule has 0 radical (unpaired) electrons. The molecule has 1 fully saturated rings. The predicted molar refractivity (Wildman–Crippen MR) is 152 cm³/mol. The molecule has 5 aromatic rings. The van der Waals surface area contributed by atoms with Gasteiger partial charge in [0.25, 0.3) is 0 Å². The average Bonchev–Trinajstić information content (AvgIpc) is 3.40. The predicted octanol–water partition coefficient (Wildman–Crippen LogP) is 6.29. The zero-order chi connectivity index (χ0) is 26.6. The Kier molecular flexibility index (Phi) is 6.64. The molecule has 38 heavy (non-hydrogen) atoms. The van der Waals surface area contributed by atoms with E-state index in [0.29, 0.717) is 17.8 Å². The van der Waals surface area contributed by atoms with E-state index in [1.54, 1.807) is 18.5 Å². The summed E-state index contributed by atoms with van der Waals surface area (Å²) < 4.78 is 5.60. The van der Waals surface area contributed by atoms with Crippen molar-refractivity contribution in [1.82, 2.24) is 24.5 Å². The summed E-state index contributed by atoms with van der Waals surface area (Å²) in [7, 11) is 1.87. The van der Waals surface area contributed by atoms with Gasteiger partial charge in [0.1, 0.15) is 5.69 Å². The van der Waals surface area contributed by atoms with Crippen molar-refractivity contribution in [1.29, 1.82) is 0 Å². The molecule has 196 valence electrons. The molecule has 2 atom stereocenters. The lowest BCUT2D eigenvalue weighted by molar-refractivity contribution is -0.326. The van der Waals surface area contributed by atoms with Crippen LogP contribution in [-0.2, 0) is 22.4 Å². The molecule has 0 aliphatic carbocycles. The summed E-state index contributed by atoms with van der Waals surface area (Å²) in [5, 5.41) is 20.4.